The summed E-state index contributed by atoms with van der Waals surface area (Å²) in [6, 6.07) is 12.3. The van der Waals surface area contributed by atoms with E-state index in [9.17, 15) is 22.8 Å². The van der Waals surface area contributed by atoms with Gasteiger partial charge in [0.2, 0.25) is 0 Å². The Balaban J connectivity index is 1.25. The highest BCUT2D eigenvalue weighted by atomic mass is 19.4. The van der Waals surface area contributed by atoms with Gasteiger partial charge < -0.3 is 14.2 Å². The Morgan fingerprint density at radius 3 is 2.66 bits per heavy atom. The largest absolute Gasteiger partial charge is 0.573 e. The highest BCUT2D eigenvalue weighted by Gasteiger charge is 2.40. The van der Waals surface area contributed by atoms with Crippen LogP contribution in [0.15, 0.2) is 66.3 Å². The van der Waals surface area contributed by atoms with Crippen LogP contribution in [0.1, 0.15) is 35.4 Å². The van der Waals surface area contributed by atoms with E-state index in [2.05, 4.69) is 23.0 Å². The molecule has 1 saturated heterocycles. The van der Waals surface area contributed by atoms with Gasteiger partial charge in [-0.15, -0.1) is 13.2 Å². The Morgan fingerprint density at radius 1 is 1.11 bits per heavy atom. The molecular formula is C26H22F3NO5. The molecule has 3 aliphatic rings. The number of carbonyl (C=O) groups is 2. The molecule has 0 saturated carbocycles. The van der Waals surface area contributed by atoms with Gasteiger partial charge >= 0.3 is 18.4 Å². The molecule has 9 heteroatoms. The minimum Gasteiger partial charge on any atom is -0.448 e. The SMILES string of the molecule is O=C1OCN(C(=O)OCC2C3=C(CCC=C3)c3ccccc32)C1Cc1ccc(OC(F)(F)F)cc1. The highest BCUT2D eigenvalue weighted by molar-refractivity contribution is 5.84. The first-order valence-electron chi connectivity index (χ1n) is 11.2. The number of benzene rings is 2. The van der Waals surface area contributed by atoms with Crippen molar-refractivity contribution in [2.45, 2.75) is 37.6 Å². The lowest BCUT2D eigenvalue weighted by Gasteiger charge is -2.22. The standard InChI is InChI=1S/C26H22F3NO5/c27-26(28,29)35-17-11-9-16(10-12-17)13-23-24(31)34-15-30(23)25(32)33-14-22-20-7-3-1-5-18(20)19-6-2-4-8-21(19)22/h1,3-5,7-12,22-23H,2,6,13-15H2. The Kier molecular flexibility index (Phi) is 6.00. The van der Waals surface area contributed by atoms with Crippen LogP contribution in [0.3, 0.4) is 0 Å². The molecule has 35 heavy (non-hydrogen) atoms. The topological polar surface area (TPSA) is 65.1 Å². The van der Waals surface area contributed by atoms with E-state index < -0.39 is 24.5 Å². The number of cyclic esters (lactones) is 1. The van der Waals surface area contributed by atoms with Crippen molar-refractivity contribution in [1.29, 1.82) is 0 Å². The van der Waals surface area contributed by atoms with Crippen molar-refractivity contribution in [1.82, 2.24) is 4.90 Å². The van der Waals surface area contributed by atoms with E-state index in [1.165, 1.54) is 28.2 Å². The van der Waals surface area contributed by atoms with Crippen molar-refractivity contribution in [2.75, 3.05) is 13.3 Å². The summed E-state index contributed by atoms with van der Waals surface area (Å²) in [5.74, 6) is -1.04. The maximum atomic E-state index is 12.9. The Bertz CT molecular complexity index is 1200. The normalized spacial score (nSPS) is 21.0. The molecule has 2 aromatic carbocycles. The van der Waals surface area contributed by atoms with Gasteiger partial charge in [-0.05, 0) is 52.8 Å². The minimum atomic E-state index is -4.79. The first kappa shape index (κ1) is 23.0. The number of alkyl halides is 3. The Morgan fingerprint density at radius 2 is 1.89 bits per heavy atom. The summed E-state index contributed by atoms with van der Waals surface area (Å²) in [5.41, 5.74) is 5.27. The second-order valence-corrected chi connectivity index (χ2v) is 8.57. The molecule has 2 aliphatic carbocycles. The monoisotopic (exact) mass is 485 g/mol. The summed E-state index contributed by atoms with van der Waals surface area (Å²) in [6.07, 6.45) is 0.729. The molecule has 2 atom stereocenters. The zero-order chi connectivity index (χ0) is 24.6. The third-order valence-corrected chi connectivity index (χ3v) is 6.43. The van der Waals surface area contributed by atoms with Gasteiger partial charge in [-0.3, -0.25) is 4.90 Å². The lowest BCUT2D eigenvalue weighted by molar-refractivity contribution is -0.274. The average Bonchev–Trinajstić information content (AvgIpc) is 3.36. The molecule has 0 spiro atoms. The van der Waals surface area contributed by atoms with Gasteiger partial charge in [0.1, 0.15) is 18.4 Å². The molecule has 0 N–H and O–H groups in total. The zero-order valence-corrected chi connectivity index (χ0v) is 18.6. The molecule has 2 aromatic rings. The van der Waals surface area contributed by atoms with Gasteiger partial charge in [0, 0.05) is 12.3 Å². The average molecular weight is 485 g/mol. The second kappa shape index (κ2) is 9.13. The van der Waals surface area contributed by atoms with Crippen LogP contribution >= 0.6 is 0 Å². The summed E-state index contributed by atoms with van der Waals surface area (Å²) in [5, 5.41) is 0. The third-order valence-electron chi connectivity index (χ3n) is 6.43. The fourth-order valence-corrected chi connectivity index (χ4v) is 4.83. The van der Waals surface area contributed by atoms with Crippen LogP contribution < -0.4 is 4.74 Å². The van der Waals surface area contributed by atoms with Crippen molar-refractivity contribution >= 4 is 17.6 Å². The third kappa shape index (κ3) is 4.76. The first-order chi connectivity index (χ1) is 16.8. The number of fused-ring (bicyclic) bond motifs is 2. The van der Waals surface area contributed by atoms with Crippen molar-refractivity contribution in [3.63, 3.8) is 0 Å². The van der Waals surface area contributed by atoms with E-state index in [-0.39, 0.29) is 31.4 Å². The number of carbonyl (C=O) groups excluding carboxylic acids is 2. The summed E-state index contributed by atoms with van der Waals surface area (Å²) in [6.45, 7) is -0.118. The lowest BCUT2D eigenvalue weighted by atomic mass is 9.93. The van der Waals surface area contributed by atoms with Crippen LogP contribution in [-0.4, -0.2) is 42.7 Å². The summed E-state index contributed by atoms with van der Waals surface area (Å²) in [4.78, 5) is 26.4. The fourth-order valence-electron chi connectivity index (χ4n) is 4.83. The summed E-state index contributed by atoms with van der Waals surface area (Å²) < 4.78 is 51.7. The van der Waals surface area contributed by atoms with Gasteiger partial charge in [0.25, 0.3) is 0 Å². The molecule has 0 bridgehead atoms. The van der Waals surface area contributed by atoms with Crippen molar-refractivity contribution < 1.29 is 37.0 Å². The van der Waals surface area contributed by atoms with E-state index in [1.807, 2.05) is 18.2 Å². The summed E-state index contributed by atoms with van der Waals surface area (Å²) in [7, 11) is 0. The number of amides is 1. The molecule has 182 valence electrons. The van der Waals surface area contributed by atoms with Crippen LogP contribution in [0.25, 0.3) is 5.57 Å². The minimum absolute atomic E-state index is 0.0739. The second-order valence-electron chi connectivity index (χ2n) is 8.57. The van der Waals surface area contributed by atoms with E-state index >= 15 is 0 Å². The van der Waals surface area contributed by atoms with Crippen molar-refractivity contribution in [2.24, 2.45) is 0 Å². The highest BCUT2D eigenvalue weighted by Crippen LogP contribution is 2.46. The van der Waals surface area contributed by atoms with Crippen LogP contribution in [0.4, 0.5) is 18.0 Å². The maximum absolute atomic E-state index is 12.9. The Labute approximate surface area is 199 Å². The molecule has 1 aliphatic heterocycles. The number of halogens is 3. The number of nitrogens with zero attached hydrogens (tertiary/aromatic N) is 1. The smallest absolute Gasteiger partial charge is 0.448 e. The van der Waals surface area contributed by atoms with E-state index in [1.54, 1.807) is 0 Å². The van der Waals surface area contributed by atoms with Gasteiger partial charge in [0.05, 0.1) is 0 Å². The van der Waals surface area contributed by atoms with E-state index in [4.69, 9.17) is 9.47 Å². The molecule has 2 unspecified atom stereocenters. The predicted octanol–water partition coefficient (Wildman–Crippen LogP) is 5.35. The fraction of sp³-hybridized carbons (Fsp3) is 0.308. The number of allylic oxidation sites excluding steroid dienone is 3. The molecule has 0 aromatic heterocycles. The van der Waals surface area contributed by atoms with Crippen LogP contribution in [0.5, 0.6) is 5.75 Å². The first-order valence-corrected chi connectivity index (χ1v) is 11.2. The maximum Gasteiger partial charge on any atom is 0.573 e. The zero-order valence-electron chi connectivity index (χ0n) is 18.6. The summed E-state index contributed by atoms with van der Waals surface area (Å²) >= 11 is 0. The lowest BCUT2D eigenvalue weighted by Crippen LogP contribution is -2.40. The van der Waals surface area contributed by atoms with Crippen LogP contribution in [0, 0.1) is 0 Å². The van der Waals surface area contributed by atoms with Crippen LogP contribution in [-0.2, 0) is 20.7 Å². The quantitative estimate of drug-likeness (QED) is 0.535. The molecule has 1 fully saturated rings. The molecule has 0 radical (unpaired) electrons. The Hall–Kier alpha value is -3.75. The number of hydrogen-bond acceptors (Lipinski definition) is 5. The number of ether oxygens (including phenoxy) is 3. The van der Waals surface area contributed by atoms with E-state index in [0.717, 1.165) is 36.1 Å². The van der Waals surface area contributed by atoms with Gasteiger partial charge in [-0.25, -0.2) is 9.59 Å². The molecule has 5 rings (SSSR count). The molecular weight excluding hydrogens is 463 g/mol. The number of esters is 1. The number of hydrogen-bond donors (Lipinski definition) is 0. The van der Waals surface area contributed by atoms with Crippen molar-refractivity contribution in [3.05, 3.63) is 82.9 Å². The van der Waals surface area contributed by atoms with Crippen molar-refractivity contribution in [3.8, 4) is 5.75 Å². The van der Waals surface area contributed by atoms with Gasteiger partial charge in [-0.1, -0.05) is 48.6 Å². The molecule has 1 heterocycles. The van der Waals surface area contributed by atoms with Gasteiger partial charge in [0.15, 0.2) is 6.73 Å². The number of rotatable bonds is 5. The molecule has 1 amide bonds. The molecule has 6 nitrogen and oxygen atoms in total. The van der Waals surface area contributed by atoms with Crippen LogP contribution in [0.2, 0.25) is 0 Å². The van der Waals surface area contributed by atoms with E-state index in [0.29, 0.717) is 5.56 Å². The van der Waals surface area contributed by atoms with Gasteiger partial charge in [-0.2, -0.15) is 0 Å². The predicted molar refractivity (Wildman–Crippen MR) is 119 cm³/mol.